The van der Waals surface area contributed by atoms with E-state index in [1.807, 2.05) is 13.8 Å². The number of fused-ring (bicyclic) bond motifs is 1. The number of likely N-dealkylation sites (tertiary alicyclic amines) is 1. The normalized spacial score (nSPS) is 26.2. The molecular weight excluding hydrogens is 467 g/mol. The first-order valence-corrected chi connectivity index (χ1v) is 11.3. The third kappa shape index (κ3) is 4.09. The minimum absolute atomic E-state index is 0. The summed E-state index contributed by atoms with van der Waals surface area (Å²) in [5.41, 5.74) is 2.42. The summed E-state index contributed by atoms with van der Waals surface area (Å²) in [5, 5.41) is 32.1. The quantitative estimate of drug-likeness (QED) is 0.485. The molecule has 0 bridgehead atoms. The van der Waals surface area contributed by atoms with Crippen molar-refractivity contribution in [1.29, 1.82) is 0 Å². The van der Waals surface area contributed by atoms with Crippen LogP contribution in [-0.2, 0) is 9.53 Å². The molecule has 2 aromatic carbocycles. The van der Waals surface area contributed by atoms with Gasteiger partial charge in [-0.15, -0.1) is 0 Å². The highest BCUT2D eigenvalue weighted by Gasteiger charge is 2.42. The lowest BCUT2D eigenvalue weighted by Gasteiger charge is -2.25. The minimum Gasteiger partial charge on any atom is -0.482 e. The molecule has 190 valence electrons. The van der Waals surface area contributed by atoms with Gasteiger partial charge in [-0.05, 0) is 55.8 Å². The molecular formula is C27H29FN2O6. The van der Waals surface area contributed by atoms with Crippen molar-refractivity contribution in [2.24, 2.45) is 0 Å². The third-order valence-electron chi connectivity index (χ3n) is 6.73. The molecule has 3 aliphatic rings. The van der Waals surface area contributed by atoms with Gasteiger partial charge in [0.05, 0.1) is 36.6 Å². The highest BCUT2D eigenvalue weighted by Crippen LogP contribution is 2.44. The van der Waals surface area contributed by atoms with E-state index in [2.05, 4.69) is 5.32 Å². The zero-order valence-electron chi connectivity index (χ0n) is 19.2. The van der Waals surface area contributed by atoms with E-state index in [1.54, 1.807) is 36.4 Å². The maximum absolute atomic E-state index is 13.6. The van der Waals surface area contributed by atoms with Crippen LogP contribution in [0.3, 0.4) is 0 Å². The van der Waals surface area contributed by atoms with Crippen molar-refractivity contribution in [3.8, 4) is 0 Å². The van der Waals surface area contributed by atoms with Crippen LogP contribution in [0.25, 0.3) is 11.1 Å². The van der Waals surface area contributed by atoms with Crippen LogP contribution in [-0.4, -0.2) is 69.0 Å². The zero-order chi connectivity index (χ0) is 25.1. The maximum atomic E-state index is 13.6. The molecule has 36 heavy (non-hydrogen) atoms. The predicted octanol–water partition coefficient (Wildman–Crippen LogP) is 2.56. The fourth-order valence-corrected chi connectivity index (χ4v) is 4.89. The van der Waals surface area contributed by atoms with Gasteiger partial charge in [0.25, 0.3) is 11.8 Å². The molecule has 1 fully saturated rings. The van der Waals surface area contributed by atoms with Gasteiger partial charge in [-0.25, -0.2) is 4.39 Å². The SMILES string of the molecule is C.CC1(C)O/C(=C2/C(=O)Nc3cc(F)ccc32)C=C1c1ccc(C(=O)N2C[C@@H](O)[C@H](O)[C@H]2CO)cc1. The van der Waals surface area contributed by atoms with Crippen molar-refractivity contribution in [3.63, 3.8) is 0 Å². The molecule has 0 aliphatic carbocycles. The van der Waals surface area contributed by atoms with Gasteiger partial charge in [0.1, 0.15) is 23.3 Å². The van der Waals surface area contributed by atoms with Crippen LogP contribution in [0.15, 0.2) is 54.3 Å². The summed E-state index contributed by atoms with van der Waals surface area (Å²) in [6.45, 7) is 3.20. The van der Waals surface area contributed by atoms with Crippen LogP contribution in [0, 0.1) is 5.82 Å². The molecule has 0 spiro atoms. The minimum atomic E-state index is -1.20. The maximum Gasteiger partial charge on any atom is 0.260 e. The van der Waals surface area contributed by atoms with E-state index in [1.165, 1.54) is 17.0 Å². The first-order valence-electron chi connectivity index (χ1n) is 11.3. The van der Waals surface area contributed by atoms with Crippen molar-refractivity contribution in [3.05, 3.63) is 76.8 Å². The number of hydrogen-bond donors (Lipinski definition) is 4. The number of ether oxygens (including phenoxy) is 1. The number of nitrogens with one attached hydrogen (secondary N) is 1. The summed E-state index contributed by atoms with van der Waals surface area (Å²) >= 11 is 0. The van der Waals surface area contributed by atoms with E-state index in [4.69, 9.17) is 4.74 Å². The fraction of sp³-hybridized carbons (Fsp3) is 0.333. The molecule has 8 nitrogen and oxygen atoms in total. The van der Waals surface area contributed by atoms with Gasteiger partial charge in [0.2, 0.25) is 0 Å². The number of halogens is 1. The average molecular weight is 497 g/mol. The first-order chi connectivity index (χ1) is 16.6. The largest absolute Gasteiger partial charge is 0.482 e. The molecule has 3 aliphatic heterocycles. The molecule has 0 unspecified atom stereocenters. The van der Waals surface area contributed by atoms with E-state index in [9.17, 15) is 29.3 Å². The smallest absolute Gasteiger partial charge is 0.260 e. The van der Waals surface area contributed by atoms with Gasteiger partial charge < -0.3 is 30.3 Å². The Labute approximate surface area is 208 Å². The summed E-state index contributed by atoms with van der Waals surface area (Å²) in [7, 11) is 0. The molecule has 1 saturated heterocycles. The van der Waals surface area contributed by atoms with Gasteiger partial charge in [-0.1, -0.05) is 19.6 Å². The molecule has 2 aromatic rings. The summed E-state index contributed by atoms with van der Waals surface area (Å²) < 4.78 is 19.7. The first kappa shape index (κ1) is 25.6. The Morgan fingerprint density at radius 1 is 1.19 bits per heavy atom. The number of aliphatic hydroxyl groups excluding tert-OH is 3. The molecule has 0 saturated carbocycles. The second kappa shape index (κ2) is 9.16. The molecule has 2 amide bonds. The van der Waals surface area contributed by atoms with Crippen molar-refractivity contribution in [1.82, 2.24) is 4.90 Å². The average Bonchev–Trinajstić information content (AvgIpc) is 3.42. The molecule has 9 heteroatoms. The summed E-state index contributed by atoms with van der Waals surface area (Å²) in [4.78, 5) is 26.8. The lowest BCUT2D eigenvalue weighted by Crippen LogP contribution is -2.42. The number of amides is 2. The van der Waals surface area contributed by atoms with Crippen LogP contribution in [0.1, 0.15) is 42.8 Å². The molecule has 3 heterocycles. The highest BCUT2D eigenvalue weighted by molar-refractivity contribution is 6.32. The zero-order valence-corrected chi connectivity index (χ0v) is 19.2. The summed E-state index contributed by atoms with van der Waals surface area (Å²) in [5.74, 6) is -0.851. The summed E-state index contributed by atoms with van der Waals surface area (Å²) in [6, 6.07) is 10.0. The van der Waals surface area contributed by atoms with Crippen molar-refractivity contribution in [2.45, 2.75) is 45.1 Å². The second-order valence-electron chi connectivity index (χ2n) is 9.40. The van der Waals surface area contributed by atoms with Crippen molar-refractivity contribution >= 4 is 28.6 Å². The Morgan fingerprint density at radius 2 is 1.89 bits per heavy atom. The third-order valence-corrected chi connectivity index (χ3v) is 6.73. The number of β-amino-alcohol motifs (C(OH)–C–C–N with tert-alkyl or cyclic N) is 1. The number of hydrogen-bond acceptors (Lipinski definition) is 6. The number of benzene rings is 2. The number of carbonyl (C=O) groups excluding carboxylic acids is 2. The molecule has 0 aromatic heterocycles. The van der Waals surface area contributed by atoms with Crippen LogP contribution in [0.4, 0.5) is 10.1 Å². The topological polar surface area (TPSA) is 119 Å². The number of anilines is 1. The molecule has 4 N–H and O–H groups in total. The van der Waals surface area contributed by atoms with E-state index >= 15 is 0 Å². The number of allylic oxidation sites excluding steroid dienone is 1. The van der Waals surface area contributed by atoms with E-state index in [0.717, 1.165) is 11.1 Å². The van der Waals surface area contributed by atoms with Crippen LogP contribution < -0.4 is 5.32 Å². The van der Waals surface area contributed by atoms with Crippen molar-refractivity contribution < 1.29 is 34.0 Å². The van der Waals surface area contributed by atoms with Gasteiger partial charge in [-0.3, -0.25) is 9.59 Å². The second-order valence-corrected chi connectivity index (χ2v) is 9.40. The van der Waals surface area contributed by atoms with Gasteiger partial charge in [-0.2, -0.15) is 0 Å². The number of carbonyl (C=O) groups is 2. The van der Waals surface area contributed by atoms with E-state index in [0.29, 0.717) is 28.1 Å². The molecule has 5 rings (SSSR count). The van der Waals surface area contributed by atoms with Crippen molar-refractivity contribution in [2.75, 3.05) is 18.5 Å². The number of aliphatic hydroxyl groups is 3. The van der Waals surface area contributed by atoms with E-state index in [-0.39, 0.29) is 19.9 Å². The Bertz CT molecular complexity index is 1280. The monoisotopic (exact) mass is 496 g/mol. The van der Waals surface area contributed by atoms with Gasteiger partial charge in [0, 0.05) is 16.7 Å². The molecule has 0 radical (unpaired) electrons. The Morgan fingerprint density at radius 3 is 2.56 bits per heavy atom. The lowest BCUT2D eigenvalue weighted by atomic mass is 9.91. The number of nitrogens with zero attached hydrogens (tertiary/aromatic N) is 1. The predicted molar refractivity (Wildman–Crippen MR) is 132 cm³/mol. The standard InChI is InChI=1S/C26H25FN2O6.CH4/c1-26(2)17(10-21(35-26)22-16-8-7-15(27)9-18(16)28-24(22)33)13-3-5-14(6-4-13)25(34)29-11-20(31)23(32)19(29)12-30;/h3-10,19-20,23,30-32H,11-12H2,1-2H3,(H,28,33);1H4/b22-21+;/t19-,20-,23-;/m1./s1. The van der Waals surface area contributed by atoms with Crippen LogP contribution >= 0.6 is 0 Å². The fourth-order valence-electron chi connectivity index (χ4n) is 4.89. The van der Waals surface area contributed by atoms with Crippen LogP contribution in [0.5, 0.6) is 0 Å². The number of rotatable bonds is 3. The summed E-state index contributed by atoms with van der Waals surface area (Å²) in [6.07, 6.45) is -0.539. The van der Waals surface area contributed by atoms with Gasteiger partial charge in [0.15, 0.2) is 0 Å². The Balaban J connectivity index is 0.00000304. The lowest BCUT2D eigenvalue weighted by molar-refractivity contribution is -0.111. The highest BCUT2D eigenvalue weighted by atomic mass is 19.1. The van der Waals surface area contributed by atoms with Gasteiger partial charge >= 0.3 is 0 Å². The van der Waals surface area contributed by atoms with Crippen LogP contribution in [0.2, 0.25) is 0 Å². The molecule has 3 atom stereocenters. The Hall–Kier alpha value is -3.53. The Kier molecular flexibility index (Phi) is 6.51. The van der Waals surface area contributed by atoms with E-state index < -0.39 is 42.2 Å².